The van der Waals surface area contributed by atoms with Gasteiger partial charge in [0.25, 0.3) is 0 Å². The monoisotopic (exact) mass is 312 g/mol. The highest BCUT2D eigenvalue weighted by molar-refractivity contribution is 5.46. The third-order valence-electron chi connectivity index (χ3n) is 5.86. The van der Waals surface area contributed by atoms with Crippen LogP contribution in [-0.4, -0.2) is 37.6 Å². The lowest BCUT2D eigenvalue weighted by Crippen LogP contribution is -2.46. The van der Waals surface area contributed by atoms with E-state index in [9.17, 15) is 0 Å². The molecule has 1 fully saturated rings. The average molecular weight is 313 g/mol. The summed E-state index contributed by atoms with van der Waals surface area (Å²) in [7, 11) is 0. The fourth-order valence-electron chi connectivity index (χ4n) is 4.37. The smallest absolute Gasteiger partial charge is 0.0367 e. The number of rotatable bonds is 4. The lowest BCUT2D eigenvalue weighted by molar-refractivity contribution is 0.249. The quantitative estimate of drug-likeness (QED) is 0.742. The fourth-order valence-corrected chi connectivity index (χ4v) is 4.37. The number of allylic oxidation sites excluding steroid dienone is 1. The number of benzene rings is 1. The van der Waals surface area contributed by atoms with Gasteiger partial charge in [0.2, 0.25) is 0 Å². The van der Waals surface area contributed by atoms with Gasteiger partial charge in [-0.2, -0.15) is 0 Å². The van der Waals surface area contributed by atoms with Crippen LogP contribution in [0.2, 0.25) is 0 Å². The molecule has 23 heavy (non-hydrogen) atoms. The molecular formula is C21H32N2. The summed E-state index contributed by atoms with van der Waals surface area (Å²) in [5.74, 6) is 0. The van der Waals surface area contributed by atoms with Crippen LogP contribution in [0.25, 0.3) is 0 Å². The van der Waals surface area contributed by atoms with Crippen molar-refractivity contribution < 1.29 is 0 Å². The van der Waals surface area contributed by atoms with Crippen LogP contribution in [-0.2, 0) is 0 Å². The van der Waals surface area contributed by atoms with E-state index in [-0.39, 0.29) is 0 Å². The van der Waals surface area contributed by atoms with Gasteiger partial charge in [-0.3, -0.25) is 4.90 Å². The highest BCUT2D eigenvalue weighted by atomic mass is 15.3. The van der Waals surface area contributed by atoms with Gasteiger partial charge in [-0.05, 0) is 50.2 Å². The summed E-state index contributed by atoms with van der Waals surface area (Å²) in [6.45, 7) is 13.2. The Hall–Kier alpha value is -1.28. The zero-order valence-corrected chi connectivity index (χ0v) is 15.1. The Kier molecular flexibility index (Phi) is 5.11. The molecule has 0 aromatic heterocycles. The molecule has 1 aromatic carbocycles. The van der Waals surface area contributed by atoms with Gasteiger partial charge in [-0.1, -0.05) is 43.2 Å². The second-order valence-electron chi connectivity index (χ2n) is 7.91. The van der Waals surface area contributed by atoms with Gasteiger partial charge in [0.1, 0.15) is 0 Å². The molecule has 1 saturated heterocycles. The topological polar surface area (TPSA) is 6.48 Å². The molecule has 0 spiro atoms. The molecule has 0 N–H and O–H groups in total. The SMILES string of the molecule is CC1=C(CCN2CCN(c3ccccc3)CC2)C(C)(C)CCC1. The normalized spacial score (nSPS) is 22.5. The molecule has 1 aliphatic heterocycles. The molecule has 0 saturated carbocycles. The lowest BCUT2D eigenvalue weighted by atomic mass is 9.71. The first-order valence-corrected chi connectivity index (χ1v) is 9.28. The summed E-state index contributed by atoms with van der Waals surface area (Å²) in [4.78, 5) is 5.18. The van der Waals surface area contributed by atoms with E-state index in [1.807, 2.05) is 0 Å². The van der Waals surface area contributed by atoms with Crippen molar-refractivity contribution in [2.45, 2.75) is 46.5 Å². The third-order valence-corrected chi connectivity index (χ3v) is 5.86. The molecule has 0 radical (unpaired) electrons. The van der Waals surface area contributed by atoms with E-state index < -0.39 is 0 Å². The molecule has 3 rings (SSSR count). The second kappa shape index (κ2) is 7.09. The summed E-state index contributed by atoms with van der Waals surface area (Å²) in [6.07, 6.45) is 5.32. The number of piperazine rings is 1. The molecule has 1 aromatic rings. The molecule has 1 aliphatic carbocycles. The minimum Gasteiger partial charge on any atom is -0.369 e. The maximum Gasteiger partial charge on any atom is 0.0367 e. The molecule has 1 heterocycles. The molecule has 0 unspecified atom stereocenters. The van der Waals surface area contributed by atoms with Crippen molar-refractivity contribution in [1.29, 1.82) is 0 Å². The van der Waals surface area contributed by atoms with Crippen molar-refractivity contribution in [1.82, 2.24) is 4.90 Å². The summed E-state index contributed by atoms with van der Waals surface area (Å²) in [5, 5.41) is 0. The average Bonchev–Trinajstić information content (AvgIpc) is 2.55. The molecule has 2 aliphatic rings. The minimum atomic E-state index is 0.425. The highest BCUT2D eigenvalue weighted by Crippen LogP contribution is 2.41. The first kappa shape index (κ1) is 16.6. The van der Waals surface area contributed by atoms with Gasteiger partial charge in [-0.25, -0.2) is 0 Å². The Morgan fingerprint density at radius 1 is 1.00 bits per heavy atom. The maximum absolute atomic E-state index is 2.66. The van der Waals surface area contributed by atoms with Gasteiger partial charge in [0.05, 0.1) is 0 Å². The van der Waals surface area contributed by atoms with Crippen LogP contribution in [0.3, 0.4) is 0 Å². The van der Waals surface area contributed by atoms with E-state index in [1.165, 1.54) is 51.0 Å². The van der Waals surface area contributed by atoms with E-state index in [4.69, 9.17) is 0 Å². The third kappa shape index (κ3) is 3.98. The number of para-hydroxylation sites is 1. The predicted molar refractivity (Wildman–Crippen MR) is 100 cm³/mol. The summed E-state index contributed by atoms with van der Waals surface area (Å²) in [6, 6.07) is 10.8. The lowest BCUT2D eigenvalue weighted by Gasteiger charge is -2.39. The van der Waals surface area contributed by atoms with Gasteiger partial charge >= 0.3 is 0 Å². The molecule has 126 valence electrons. The number of hydrogen-bond acceptors (Lipinski definition) is 2. The highest BCUT2D eigenvalue weighted by Gasteiger charge is 2.28. The van der Waals surface area contributed by atoms with Crippen LogP contribution in [0.1, 0.15) is 46.5 Å². The summed E-state index contributed by atoms with van der Waals surface area (Å²) in [5.41, 5.74) is 5.21. The van der Waals surface area contributed by atoms with Gasteiger partial charge in [0, 0.05) is 38.4 Å². The molecule has 0 bridgehead atoms. The largest absolute Gasteiger partial charge is 0.369 e. The Balaban J connectivity index is 1.51. The zero-order valence-electron chi connectivity index (χ0n) is 15.1. The Morgan fingerprint density at radius 2 is 1.70 bits per heavy atom. The number of hydrogen-bond donors (Lipinski definition) is 0. The van der Waals surface area contributed by atoms with Crippen LogP contribution in [0.5, 0.6) is 0 Å². The van der Waals surface area contributed by atoms with Gasteiger partial charge < -0.3 is 4.90 Å². The second-order valence-corrected chi connectivity index (χ2v) is 7.91. The van der Waals surface area contributed by atoms with Crippen LogP contribution in [0.4, 0.5) is 5.69 Å². The first-order chi connectivity index (χ1) is 11.1. The predicted octanol–water partition coefficient (Wildman–Crippen LogP) is 4.73. The standard InChI is InChI=1S/C21H32N2/c1-18-8-7-12-21(2,3)20(18)11-13-22-14-16-23(17-15-22)19-9-5-4-6-10-19/h4-6,9-10H,7-8,11-17H2,1-3H3. The molecule has 0 atom stereocenters. The van der Waals surface area contributed by atoms with Gasteiger partial charge in [0.15, 0.2) is 0 Å². The summed E-state index contributed by atoms with van der Waals surface area (Å²) >= 11 is 0. The minimum absolute atomic E-state index is 0.425. The van der Waals surface area contributed by atoms with Crippen LogP contribution in [0.15, 0.2) is 41.5 Å². The molecule has 0 amide bonds. The van der Waals surface area contributed by atoms with Crippen molar-refractivity contribution >= 4 is 5.69 Å². The zero-order chi connectivity index (χ0) is 16.3. The van der Waals surface area contributed by atoms with Crippen LogP contribution >= 0.6 is 0 Å². The van der Waals surface area contributed by atoms with Crippen LogP contribution < -0.4 is 4.90 Å². The van der Waals surface area contributed by atoms with Gasteiger partial charge in [-0.15, -0.1) is 0 Å². The van der Waals surface area contributed by atoms with Crippen molar-refractivity contribution in [3.05, 3.63) is 41.5 Å². The van der Waals surface area contributed by atoms with Crippen molar-refractivity contribution in [3.63, 3.8) is 0 Å². The van der Waals surface area contributed by atoms with E-state index in [2.05, 4.69) is 60.9 Å². The summed E-state index contributed by atoms with van der Waals surface area (Å²) < 4.78 is 0. The number of anilines is 1. The molecule has 2 heteroatoms. The fraction of sp³-hybridized carbons (Fsp3) is 0.619. The van der Waals surface area contributed by atoms with Crippen LogP contribution in [0, 0.1) is 5.41 Å². The van der Waals surface area contributed by atoms with E-state index in [1.54, 1.807) is 11.1 Å². The first-order valence-electron chi connectivity index (χ1n) is 9.28. The van der Waals surface area contributed by atoms with Crippen molar-refractivity contribution in [2.75, 3.05) is 37.6 Å². The van der Waals surface area contributed by atoms with E-state index in [0.717, 1.165) is 13.1 Å². The van der Waals surface area contributed by atoms with E-state index >= 15 is 0 Å². The number of nitrogens with zero attached hydrogens (tertiary/aromatic N) is 2. The molecular weight excluding hydrogens is 280 g/mol. The van der Waals surface area contributed by atoms with E-state index in [0.29, 0.717) is 5.41 Å². The Bertz CT molecular complexity index is 536. The Labute approximate surface area is 142 Å². The van der Waals surface area contributed by atoms with Crippen molar-refractivity contribution in [2.24, 2.45) is 5.41 Å². The Morgan fingerprint density at radius 3 is 2.35 bits per heavy atom. The van der Waals surface area contributed by atoms with Crippen molar-refractivity contribution in [3.8, 4) is 0 Å². The molecule has 2 nitrogen and oxygen atoms in total. The maximum atomic E-state index is 2.66.